The van der Waals surface area contributed by atoms with Gasteiger partial charge in [-0.05, 0) is 0 Å². The van der Waals surface area contributed by atoms with Crippen LogP contribution in [-0.2, 0) is 0 Å². The lowest BCUT2D eigenvalue weighted by Crippen LogP contribution is -2.46. The number of hydrogen-bond acceptors (Lipinski definition) is 4. The monoisotopic (exact) mass is 172 g/mol. The molecule has 1 aliphatic carbocycles. The molecule has 3 aliphatic rings. The molecular weight excluding hydrogens is 164 g/mol. The summed E-state index contributed by atoms with van der Waals surface area (Å²) in [5.41, 5.74) is 12.0. The highest BCUT2D eigenvalue weighted by Crippen LogP contribution is 2.71. The fraction of sp³-hybridized carbons (Fsp3) is 0.667. The first kappa shape index (κ1) is 5.94. The summed E-state index contributed by atoms with van der Waals surface area (Å²) in [7, 11) is 0. The van der Waals surface area contributed by atoms with Gasteiger partial charge in [-0.1, -0.05) is 12.2 Å². The smallest absolute Gasteiger partial charge is 0.112 e. The van der Waals surface area contributed by atoms with Gasteiger partial charge in [0.05, 0.1) is 5.25 Å². The van der Waals surface area contributed by atoms with Crippen LogP contribution in [-0.4, -0.2) is 20.2 Å². The average molecular weight is 172 g/mol. The van der Waals surface area contributed by atoms with Crippen LogP contribution in [0, 0.1) is 0 Å². The summed E-state index contributed by atoms with van der Waals surface area (Å²) in [6.07, 6.45) is 4.26. The van der Waals surface area contributed by atoms with Gasteiger partial charge >= 0.3 is 0 Å². The largest absolute Gasteiger partial charge is 0.313 e. The normalized spacial score (nSPS) is 68.6. The molecule has 4 heteroatoms. The van der Waals surface area contributed by atoms with Gasteiger partial charge in [-0.15, -0.1) is 23.5 Å². The van der Waals surface area contributed by atoms with Crippen LogP contribution < -0.4 is 11.5 Å². The van der Waals surface area contributed by atoms with E-state index in [4.69, 9.17) is 11.5 Å². The van der Waals surface area contributed by atoms with E-state index in [2.05, 4.69) is 12.2 Å². The molecule has 3 rings (SSSR count). The van der Waals surface area contributed by atoms with Gasteiger partial charge in [0.2, 0.25) is 0 Å². The summed E-state index contributed by atoms with van der Waals surface area (Å²) in [6, 6.07) is 0. The van der Waals surface area contributed by atoms with E-state index in [1.807, 2.05) is 11.8 Å². The molecule has 2 nitrogen and oxygen atoms in total. The van der Waals surface area contributed by atoms with Crippen molar-refractivity contribution in [3.63, 3.8) is 0 Å². The van der Waals surface area contributed by atoms with Crippen LogP contribution in [0.2, 0.25) is 0 Å². The summed E-state index contributed by atoms with van der Waals surface area (Å²) in [5, 5.41) is 1.28. The molecule has 0 amide bonds. The van der Waals surface area contributed by atoms with Crippen molar-refractivity contribution in [2.24, 2.45) is 11.5 Å². The summed E-state index contributed by atoms with van der Waals surface area (Å²) in [6.45, 7) is 0. The molecule has 10 heavy (non-hydrogen) atoms. The topological polar surface area (TPSA) is 52.0 Å². The fourth-order valence-corrected chi connectivity index (χ4v) is 4.26. The number of rotatable bonds is 0. The van der Waals surface area contributed by atoms with Crippen molar-refractivity contribution in [1.82, 2.24) is 0 Å². The van der Waals surface area contributed by atoms with Crippen LogP contribution in [0.1, 0.15) is 0 Å². The summed E-state index contributed by atoms with van der Waals surface area (Å²) in [5.74, 6) is 0. The lowest BCUT2D eigenvalue weighted by atomic mass is 9.99. The van der Waals surface area contributed by atoms with Gasteiger partial charge in [-0.25, -0.2) is 0 Å². The minimum absolute atomic E-state index is 0.114. The Morgan fingerprint density at radius 3 is 2.90 bits per heavy atom. The second kappa shape index (κ2) is 1.31. The zero-order valence-electron chi connectivity index (χ0n) is 5.28. The van der Waals surface area contributed by atoms with E-state index in [9.17, 15) is 0 Å². The molecule has 4 N–H and O–H groups in total. The predicted octanol–water partition coefficient (Wildman–Crippen LogP) is 0.0970. The average Bonchev–Trinajstić information content (AvgIpc) is 2.64. The van der Waals surface area contributed by atoms with Gasteiger partial charge in [0.25, 0.3) is 0 Å². The Balaban J connectivity index is 2.09. The highest BCUT2D eigenvalue weighted by Gasteiger charge is 2.75. The predicted molar refractivity (Wildman–Crippen MR) is 45.7 cm³/mol. The molecule has 0 bridgehead atoms. The third-order valence-corrected chi connectivity index (χ3v) is 5.46. The maximum absolute atomic E-state index is 6.04. The van der Waals surface area contributed by atoms with E-state index in [0.29, 0.717) is 10.5 Å². The van der Waals surface area contributed by atoms with Crippen molar-refractivity contribution in [2.75, 3.05) is 0 Å². The quantitative estimate of drug-likeness (QED) is 0.402. The summed E-state index contributed by atoms with van der Waals surface area (Å²) in [4.78, 5) is -0.325. The van der Waals surface area contributed by atoms with E-state index in [-0.39, 0.29) is 9.74 Å². The minimum Gasteiger partial charge on any atom is -0.313 e. The van der Waals surface area contributed by atoms with Crippen LogP contribution >= 0.6 is 23.5 Å². The standard InChI is InChI=1S/C6H8N2S2/c7-5-2-1-3-4(9-3)6(5,8)10-5/h1-4H,7-8H2. The highest BCUT2D eigenvalue weighted by atomic mass is 32.2. The lowest BCUT2D eigenvalue weighted by molar-refractivity contribution is 0.588. The molecular formula is C6H8N2S2. The first-order valence-corrected chi connectivity index (χ1v) is 5.04. The van der Waals surface area contributed by atoms with Crippen molar-refractivity contribution in [3.8, 4) is 0 Å². The van der Waals surface area contributed by atoms with E-state index in [1.165, 1.54) is 0 Å². The van der Waals surface area contributed by atoms with Gasteiger partial charge in [-0.3, -0.25) is 0 Å². The van der Waals surface area contributed by atoms with E-state index < -0.39 is 0 Å². The van der Waals surface area contributed by atoms with Gasteiger partial charge in [0.15, 0.2) is 0 Å². The van der Waals surface area contributed by atoms with E-state index in [1.54, 1.807) is 11.8 Å². The number of hydrogen-bond donors (Lipinski definition) is 2. The third kappa shape index (κ3) is 0.460. The molecule has 4 atom stereocenters. The second-order valence-electron chi connectivity index (χ2n) is 3.07. The molecule has 0 aromatic carbocycles. The Hall–Kier alpha value is 0.360. The molecule has 2 fully saturated rings. The molecule has 0 saturated carbocycles. The van der Waals surface area contributed by atoms with Crippen molar-refractivity contribution in [2.45, 2.75) is 20.2 Å². The van der Waals surface area contributed by atoms with Gasteiger partial charge in [0.1, 0.15) is 9.74 Å². The van der Waals surface area contributed by atoms with Crippen LogP contribution in [0.15, 0.2) is 12.2 Å². The highest BCUT2D eigenvalue weighted by molar-refractivity contribution is 8.14. The Labute approximate surface area is 67.8 Å². The van der Waals surface area contributed by atoms with Gasteiger partial charge in [-0.2, -0.15) is 0 Å². The molecule has 0 aromatic heterocycles. The first-order valence-electron chi connectivity index (χ1n) is 3.28. The molecule has 2 saturated heterocycles. The van der Waals surface area contributed by atoms with Crippen molar-refractivity contribution in [3.05, 3.63) is 12.2 Å². The van der Waals surface area contributed by atoms with Crippen LogP contribution in [0.3, 0.4) is 0 Å². The fourth-order valence-electron chi connectivity index (χ4n) is 1.55. The number of fused-ring (bicyclic) bond motifs is 3. The van der Waals surface area contributed by atoms with Crippen LogP contribution in [0.5, 0.6) is 0 Å². The maximum Gasteiger partial charge on any atom is 0.112 e. The molecule has 4 unspecified atom stereocenters. The van der Waals surface area contributed by atoms with Gasteiger partial charge < -0.3 is 11.5 Å². The number of nitrogens with two attached hydrogens (primary N) is 2. The SMILES string of the molecule is NC12C=CC3SC3C1(N)S2. The molecule has 0 aromatic rings. The van der Waals surface area contributed by atoms with E-state index >= 15 is 0 Å². The van der Waals surface area contributed by atoms with Crippen LogP contribution in [0.4, 0.5) is 0 Å². The van der Waals surface area contributed by atoms with Crippen molar-refractivity contribution in [1.29, 1.82) is 0 Å². The summed E-state index contributed by atoms with van der Waals surface area (Å²) < 4.78 is 0. The molecule has 54 valence electrons. The molecule has 2 aliphatic heterocycles. The number of thioether (sulfide) groups is 2. The Morgan fingerprint density at radius 1 is 1.40 bits per heavy atom. The van der Waals surface area contributed by atoms with Crippen molar-refractivity contribution >= 4 is 23.5 Å². The molecule has 2 heterocycles. The summed E-state index contributed by atoms with van der Waals surface area (Å²) >= 11 is 3.63. The minimum atomic E-state index is -0.211. The Morgan fingerprint density at radius 2 is 2.20 bits per heavy atom. The molecule has 0 spiro atoms. The Kier molecular flexibility index (Phi) is 0.777. The van der Waals surface area contributed by atoms with Gasteiger partial charge in [0, 0.05) is 5.25 Å². The Bertz CT molecular complexity index is 242. The van der Waals surface area contributed by atoms with E-state index in [0.717, 1.165) is 0 Å². The first-order chi connectivity index (χ1) is 4.66. The zero-order chi connectivity index (χ0) is 6.98. The van der Waals surface area contributed by atoms with Crippen molar-refractivity contribution < 1.29 is 0 Å². The third-order valence-electron chi connectivity index (χ3n) is 2.39. The van der Waals surface area contributed by atoms with Crippen LogP contribution in [0.25, 0.3) is 0 Å². The second-order valence-corrected chi connectivity index (χ2v) is 5.95. The zero-order valence-corrected chi connectivity index (χ0v) is 6.91. The maximum atomic E-state index is 6.04. The lowest BCUT2D eigenvalue weighted by Gasteiger charge is -2.13. The molecule has 0 radical (unpaired) electrons.